The summed E-state index contributed by atoms with van der Waals surface area (Å²) in [5.74, 6) is 0.428. The van der Waals surface area contributed by atoms with Crippen LogP contribution < -0.4 is 0 Å². The van der Waals surface area contributed by atoms with Gasteiger partial charge in [0.2, 0.25) is 0 Å². The molecule has 0 amide bonds. The summed E-state index contributed by atoms with van der Waals surface area (Å²) in [6.45, 7) is 3.05. The summed E-state index contributed by atoms with van der Waals surface area (Å²) in [5, 5.41) is 0. The lowest BCUT2D eigenvalue weighted by molar-refractivity contribution is -0.121. The molecule has 17 heavy (non-hydrogen) atoms. The minimum absolute atomic E-state index is 0.428. The Morgan fingerprint density at radius 2 is 2.00 bits per heavy atom. The van der Waals surface area contributed by atoms with Crippen LogP contribution in [0.3, 0.4) is 0 Å². The predicted molar refractivity (Wildman–Crippen MR) is 69.9 cm³/mol. The molecular formula is C15H21NO. The standard InChI is InChI=1S/C15H21NO/c1-12-6-8-13(9-7-12)11-16(2)14-4-3-5-15(17)10-14/h6-9,14H,3-5,10-11H2,1-2H3. The third kappa shape index (κ3) is 3.40. The monoisotopic (exact) mass is 231 g/mol. The molecule has 0 bridgehead atoms. The lowest BCUT2D eigenvalue weighted by Gasteiger charge is -2.30. The van der Waals surface area contributed by atoms with Crippen molar-refractivity contribution in [3.63, 3.8) is 0 Å². The van der Waals surface area contributed by atoms with Gasteiger partial charge < -0.3 is 0 Å². The van der Waals surface area contributed by atoms with Crippen molar-refractivity contribution >= 4 is 5.78 Å². The zero-order chi connectivity index (χ0) is 12.3. The number of carbonyl (C=O) groups excluding carboxylic acids is 1. The normalized spacial score (nSPS) is 20.9. The molecule has 1 aromatic carbocycles. The summed E-state index contributed by atoms with van der Waals surface area (Å²) in [6, 6.07) is 9.09. The molecule has 92 valence electrons. The summed E-state index contributed by atoms with van der Waals surface area (Å²) in [6.07, 6.45) is 3.74. The van der Waals surface area contributed by atoms with Gasteiger partial charge in [0, 0.05) is 25.4 Å². The summed E-state index contributed by atoms with van der Waals surface area (Å²) < 4.78 is 0. The van der Waals surface area contributed by atoms with Crippen LogP contribution in [0.2, 0.25) is 0 Å². The summed E-state index contributed by atoms with van der Waals surface area (Å²) in [5.41, 5.74) is 2.63. The lowest BCUT2D eigenvalue weighted by atomic mass is 9.93. The number of Topliss-reactive ketones (excluding diaryl/α,β-unsaturated/α-hetero) is 1. The summed E-state index contributed by atoms with van der Waals surface area (Å²) >= 11 is 0. The molecular weight excluding hydrogens is 210 g/mol. The van der Waals surface area contributed by atoms with Gasteiger partial charge in [0.1, 0.15) is 5.78 Å². The first kappa shape index (κ1) is 12.3. The van der Waals surface area contributed by atoms with Crippen molar-refractivity contribution in [3.8, 4) is 0 Å². The molecule has 0 N–H and O–H groups in total. The third-order valence-corrected chi connectivity index (χ3v) is 3.63. The smallest absolute Gasteiger partial charge is 0.134 e. The topological polar surface area (TPSA) is 20.3 Å². The number of ketones is 1. The van der Waals surface area contributed by atoms with Crippen molar-refractivity contribution in [3.05, 3.63) is 35.4 Å². The van der Waals surface area contributed by atoms with Crippen LogP contribution in [0.4, 0.5) is 0 Å². The highest BCUT2D eigenvalue weighted by molar-refractivity contribution is 5.79. The Morgan fingerprint density at radius 1 is 1.29 bits per heavy atom. The Bertz CT molecular complexity index is 382. The highest BCUT2D eigenvalue weighted by Gasteiger charge is 2.22. The van der Waals surface area contributed by atoms with Crippen LogP contribution in [0.15, 0.2) is 24.3 Å². The SMILES string of the molecule is Cc1ccc(CN(C)C2CCCC(=O)C2)cc1. The minimum Gasteiger partial charge on any atom is -0.300 e. The lowest BCUT2D eigenvalue weighted by Crippen LogP contribution is -2.35. The van der Waals surface area contributed by atoms with Gasteiger partial charge in [-0.25, -0.2) is 0 Å². The van der Waals surface area contributed by atoms with Crippen molar-refractivity contribution in [2.24, 2.45) is 0 Å². The molecule has 0 spiro atoms. The zero-order valence-electron chi connectivity index (χ0n) is 10.8. The molecule has 2 heteroatoms. The summed E-state index contributed by atoms with van der Waals surface area (Å²) in [7, 11) is 2.13. The fraction of sp³-hybridized carbons (Fsp3) is 0.533. The second-order valence-corrected chi connectivity index (χ2v) is 5.19. The average Bonchev–Trinajstić information content (AvgIpc) is 2.32. The van der Waals surface area contributed by atoms with Gasteiger partial charge in [0.15, 0.2) is 0 Å². The van der Waals surface area contributed by atoms with Crippen molar-refractivity contribution in [1.82, 2.24) is 4.90 Å². The van der Waals surface area contributed by atoms with E-state index in [1.54, 1.807) is 0 Å². The van der Waals surface area contributed by atoms with E-state index in [4.69, 9.17) is 0 Å². The van der Waals surface area contributed by atoms with E-state index in [0.29, 0.717) is 11.8 Å². The molecule has 0 heterocycles. The Hall–Kier alpha value is -1.15. The molecule has 1 atom stereocenters. The Morgan fingerprint density at radius 3 is 2.65 bits per heavy atom. The highest BCUT2D eigenvalue weighted by Crippen LogP contribution is 2.20. The molecule has 2 rings (SSSR count). The molecule has 1 fully saturated rings. The van der Waals surface area contributed by atoms with Crippen molar-refractivity contribution < 1.29 is 4.79 Å². The van der Waals surface area contributed by atoms with Gasteiger partial charge in [-0.2, -0.15) is 0 Å². The highest BCUT2D eigenvalue weighted by atomic mass is 16.1. The van der Waals surface area contributed by atoms with E-state index in [1.807, 2.05) is 0 Å². The maximum absolute atomic E-state index is 11.4. The second kappa shape index (κ2) is 5.46. The molecule has 1 aromatic rings. The van der Waals surface area contributed by atoms with Crippen LogP contribution in [-0.4, -0.2) is 23.8 Å². The molecule has 0 saturated heterocycles. The number of carbonyl (C=O) groups is 1. The molecule has 1 aliphatic rings. The Balaban J connectivity index is 1.93. The minimum atomic E-state index is 0.428. The quantitative estimate of drug-likeness (QED) is 0.797. The first-order valence-corrected chi connectivity index (χ1v) is 6.42. The third-order valence-electron chi connectivity index (χ3n) is 3.63. The Labute approximate surface area is 104 Å². The van der Waals surface area contributed by atoms with Crippen LogP contribution in [0, 0.1) is 6.92 Å². The summed E-state index contributed by atoms with van der Waals surface area (Å²) in [4.78, 5) is 13.8. The van der Waals surface area contributed by atoms with Crippen LogP contribution in [0.5, 0.6) is 0 Å². The Kier molecular flexibility index (Phi) is 3.95. The van der Waals surface area contributed by atoms with Gasteiger partial charge in [0.25, 0.3) is 0 Å². The molecule has 1 saturated carbocycles. The van der Waals surface area contributed by atoms with Gasteiger partial charge in [-0.05, 0) is 32.4 Å². The van der Waals surface area contributed by atoms with Crippen molar-refractivity contribution in [1.29, 1.82) is 0 Å². The number of aryl methyl sites for hydroxylation is 1. The van der Waals surface area contributed by atoms with Crippen LogP contribution >= 0.6 is 0 Å². The van der Waals surface area contributed by atoms with Gasteiger partial charge in [-0.1, -0.05) is 29.8 Å². The van der Waals surface area contributed by atoms with Gasteiger partial charge in [-0.3, -0.25) is 9.69 Å². The molecule has 1 aliphatic carbocycles. The largest absolute Gasteiger partial charge is 0.300 e. The van der Waals surface area contributed by atoms with Crippen LogP contribution in [-0.2, 0) is 11.3 Å². The maximum atomic E-state index is 11.4. The molecule has 1 unspecified atom stereocenters. The fourth-order valence-corrected chi connectivity index (χ4v) is 2.49. The first-order valence-electron chi connectivity index (χ1n) is 6.42. The van der Waals surface area contributed by atoms with E-state index in [-0.39, 0.29) is 0 Å². The molecule has 0 aliphatic heterocycles. The maximum Gasteiger partial charge on any atom is 0.134 e. The van der Waals surface area contributed by atoms with Gasteiger partial charge in [0.05, 0.1) is 0 Å². The van der Waals surface area contributed by atoms with Crippen molar-refractivity contribution in [2.45, 2.75) is 45.2 Å². The fourth-order valence-electron chi connectivity index (χ4n) is 2.49. The van der Waals surface area contributed by atoms with E-state index >= 15 is 0 Å². The van der Waals surface area contributed by atoms with E-state index in [0.717, 1.165) is 32.2 Å². The van der Waals surface area contributed by atoms with Gasteiger partial charge in [-0.15, -0.1) is 0 Å². The first-order chi connectivity index (χ1) is 8.15. The second-order valence-electron chi connectivity index (χ2n) is 5.19. The number of nitrogens with zero attached hydrogens (tertiary/aromatic N) is 1. The van der Waals surface area contributed by atoms with E-state index in [9.17, 15) is 4.79 Å². The number of hydrogen-bond donors (Lipinski definition) is 0. The average molecular weight is 231 g/mol. The number of hydrogen-bond acceptors (Lipinski definition) is 2. The molecule has 0 aromatic heterocycles. The molecule has 2 nitrogen and oxygen atoms in total. The van der Waals surface area contributed by atoms with Crippen molar-refractivity contribution in [2.75, 3.05) is 7.05 Å². The number of rotatable bonds is 3. The molecule has 0 radical (unpaired) electrons. The van der Waals surface area contributed by atoms with Gasteiger partial charge >= 0.3 is 0 Å². The number of benzene rings is 1. The van der Waals surface area contributed by atoms with E-state index in [2.05, 4.69) is 43.1 Å². The zero-order valence-corrected chi connectivity index (χ0v) is 10.8. The predicted octanol–water partition coefficient (Wildman–Crippen LogP) is 2.94. The van der Waals surface area contributed by atoms with Crippen LogP contribution in [0.25, 0.3) is 0 Å². The van der Waals surface area contributed by atoms with E-state index in [1.165, 1.54) is 11.1 Å². The van der Waals surface area contributed by atoms with Crippen LogP contribution in [0.1, 0.15) is 36.8 Å². The van der Waals surface area contributed by atoms with E-state index < -0.39 is 0 Å².